The highest BCUT2D eigenvalue weighted by Gasteiger charge is 2.31. The number of hydrogen-bond acceptors (Lipinski definition) is 4. The van der Waals surface area contributed by atoms with Crippen LogP contribution < -0.4 is 11.3 Å². The maximum absolute atomic E-state index is 12.5. The molecule has 0 fully saturated rings. The van der Waals surface area contributed by atoms with Crippen molar-refractivity contribution in [2.24, 2.45) is 11.7 Å². The van der Waals surface area contributed by atoms with Crippen molar-refractivity contribution in [2.75, 3.05) is 0 Å². The number of nitrogens with two attached hydrogens (primary N) is 1. The minimum atomic E-state index is -0.996. The first kappa shape index (κ1) is 15.5. The van der Waals surface area contributed by atoms with Crippen LogP contribution >= 0.6 is 12.2 Å². The van der Waals surface area contributed by atoms with Crippen molar-refractivity contribution < 1.29 is 0 Å². The van der Waals surface area contributed by atoms with E-state index in [9.17, 15) is 15.3 Å². The Balaban J connectivity index is 2.72. The molecule has 7 heteroatoms. The number of nitrogens with zero attached hydrogens (tertiary/aromatic N) is 3. The van der Waals surface area contributed by atoms with Gasteiger partial charge in [-0.1, -0.05) is 30.3 Å². The van der Waals surface area contributed by atoms with Gasteiger partial charge in [0.25, 0.3) is 5.56 Å². The molecule has 0 aliphatic carbocycles. The van der Waals surface area contributed by atoms with E-state index in [-0.39, 0.29) is 5.11 Å². The molecule has 1 aromatic heterocycles. The molecule has 110 valence electrons. The summed E-state index contributed by atoms with van der Waals surface area (Å²) in [5.74, 6) is -1.67. The second kappa shape index (κ2) is 6.25. The summed E-state index contributed by atoms with van der Waals surface area (Å²) in [6, 6.07) is 12.9. The van der Waals surface area contributed by atoms with Gasteiger partial charge < -0.3 is 5.73 Å². The van der Waals surface area contributed by atoms with Crippen LogP contribution in [0.25, 0.3) is 0 Å². The standard InChI is InChI=1S/C15H13N5OS/c1-9-12(14(21)20(19-9)15(18)22)13(11(7-16)8-17)10-5-3-2-4-6-10/h2-6,11,13,19H,1H3,(H2,18,22)/t13-/m1/s1. The number of aromatic nitrogens is 2. The summed E-state index contributed by atoms with van der Waals surface area (Å²) >= 11 is 4.83. The van der Waals surface area contributed by atoms with Gasteiger partial charge in [-0.05, 0) is 24.7 Å². The molecular weight excluding hydrogens is 298 g/mol. The fourth-order valence-electron chi connectivity index (χ4n) is 2.45. The summed E-state index contributed by atoms with van der Waals surface area (Å²) in [5.41, 5.74) is 6.64. The van der Waals surface area contributed by atoms with E-state index < -0.39 is 17.4 Å². The number of H-pyrrole nitrogens is 1. The molecule has 0 unspecified atom stereocenters. The van der Waals surface area contributed by atoms with E-state index in [4.69, 9.17) is 18.0 Å². The van der Waals surface area contributed by atoms with Crippen LogP contribution in [-0.4, -0.2) is 14.9 Å². The van der Waals surface area contributed by atoms with Gasteiger partial charge in [-0.15, -0.1) is 0 Å². The van der Waals surface area contributed by atoms with Crippen LogP contribution in [0.3, 0.4) is 0 Å². The summed E-state index contributed by atoms with van der Waals surface area (Å²) in [7, 11) is 0. The molecule has 22 heavy (non-hydrogen) atoms. The lowest BCUT2D eigenvalue weighted by atomic mass is 9.82. The molecule has 0 aliphatic heterocycles. The molecule has 0 saturated heterocycles. The smallest absolute Gasteiger partial charge is 0.277 e. The molecule has 0 saturated carbocycles. The number of benzene rings is 1. The first-order valence-corrected chi connectivity index (χ1v) is 6.87. The molecule has 1 heterocycles. The highest BCUT2D eigenvalue weighted by atomic mass is 32.1. The van der Waals surface area contributed by atoms with Crippen molar-refractivity contribution in [3.63, 3.8) is 0 Å². The third-order valence-corrected chi connectivity index (χ3v) is 3.60. The SMILES string of the molecule is Cc1[nH]n(C(N)=S)c(=O)c1[C@H](c1ccccc1)C(C#N)C#N. The number of aromatic amines is 1. The maximum atomic E-state index is 12.5. The fraction of sp³-hybridized carbons (Fsp3) is 0.200. The fourth-order valence-corrected chi connectivity index (χ4v) is 2.57. The molecule has 0 amide bonds. The number of nitrogens with one attached hydrogen (secondary N) is 1. The van der Waals surface area contributed by atoms with E-state index in [1.165, 1.54) is 0 Å². The Kier molecular flexibility index (Phi) is 4.40. The van der Waals surface area contributed by atoms with E-state index in [0.29, 0.717) is 16.8 Å². The van der Waals surface area contributed by atoms with Gasteiger partial charge in [0.1, 0.15) is 5.92 Å². The molecule has 0 radical (unpaired) electrons. The molecular formula is C15H13N5OS. The summed E-state index contributed by atoms with van der Waals surface area (Å²) < 4.78 is 1.04. The lowest BCUT2D eigenvalue weighted by Crippen LogP contribution is -2.32. The Bertz CT molecular complexity index is 824. The average molecular weight is 311 g/mol. The zero-order valence-corrected chi connectivity index (χ0v) is 12.6. The van der Waals surface area contributed by atoms with Crippen LogP contribution in [0, 0.1) is 35.5 Å². The first-order chi connectivity index (χ1) is 10.5. The molecule has 2 rings (SSSR count). The molecule has 6 nitrogen and oxygen atoms in total. The predicted octanol–water partition coefficient (Wildman–Crippen LogP) is 1.37. The Labute approximate surface area is 132 Å². The highest BCUT2D eigenvalue weighted by Crippen LogP contribution is 2.31. The third-order valence-electron chi connectivity index (χ3n) is 3.42. The molecule has 2 aromatic rings. The normalized spacial score (nSPS) is 11.6. The van der Waals surface area contributed by atoms with E-state index in [1.807, 2.05) is 18.2 Å². The number of rotatable bonds is 3. The van der Waals surface area contributed by atoms with Crippen LogP contribution in [0.4, 0.5) is 0 Å². The van der Waals surface area contributed by atoms with Gasteiger partial charge in [0.15, 0.2) is 5.11 Å². The van der Waals surface area contributed by atoms with Gasteiger partial charge in [0.2, 0.25) is 0 Å². The van der Waals surface area contributed by atoms with E-state index in [1.54, 1.807) is 31.2 Å². The molecule has 3 N–H and O–H groups in total. The number of thiocarbonyl (C=S) groups is 1. The first-order valence-electron chi connectivity index (χ1n) is 6.46. The van der Waals surface area contributed by atoms with Crippen LogP contribution in [0.1, 0.15) is 22.7 Å². The number of nitriles is 2. The Hall–Kier alpha value is -2.90. The van der Waals surface area contributed by atoms with E-state index in [0.717, 1.165) is 4.68 Å². The summed E-state index contributed by atoms with van der Waals surface area (Å²) in [5, 5.41) is 21.2. The topological polar surface area (TPSA) is 111 Å². The molecule has 1 aromatic carbocycles. The van der Waals surface area contributed by atoms with Crippen LogP contribution in [0.5, 0.6) is 0 Å². The predicted molar refractivity (Wildman–Crippen MR) is 85.0 cm³/mol. The largest absolute Gasteiger partial charge is 0.374 e. The van der Waals surface area contributed by atoms with E-state index >= 15 is 0 Å². The zero-order valence-electron chi connectivity index (χ0n) is 11.8. The van der Waals surface area contributed by atoms with Crippen molar-refractivity contribution in [1.82, 2.24) is 9.78 Å². The van der Waals surface area contributed by atoms with Crippen molar-refractivity contribution in [2.45, 2.75) is 12.8 Å². The molecule has 0 bridgehead atoms. The van der Waals surface area contributed by atoms with Crippen LogP contribution in [0.2, 0.25) is 0 Å². The second-order valence-electron chi connectivity index (χ2n) is 4.75. The van der Waals surface area contributed by atoms with Crippen molar-refractivity contribution in [3.8, 4) is 12.1 Å². The summed E-state index contributed by atoms with van der Waals surface area (Å²) in [6.45, 7) is 1.69. The lowest BCUT2D eigenvalue weighted by Gasteiger charge is -2.16. The number of aryl methyl sites for hydroxylation is 1. The van der Waals surface area contributed by atoms with Crippen LogP contribution in [0.15, 0.2) is 35.1 Å². The van der Waals surface area contributed by atoms with Gasteiger partial charge in [0, 0.05) is 17.2 Å². The monoisotopic (exact) mass is 311 g/mol. The van der Waals surface area contributed by atoms with Gasteiger partial charge in [0.05, 0.1) is 12.1 Å². The van der Waals surface area contributed by atoms with Crippen molar-refractivity contribution in [3.05, 3.63) is 57.5 Å². The van der Waals surface area contributed by atoms with Gasteiger partial charge in [-0.25, -0.2) is 0 Å². The summed E-state index contributed by atoms with van der Waals surface area (Å²) in [4.78, 5) is 12.5. The average Bonchev–Trinajstić information content (AvgIpc) is 2.81. The van der Waals surface area contributed by atoms with Crippen molar-refractivity contribution >= 4 is 17.3 Å². The minimum absolute atomic E-state index is 0.114. The van der Waals surface area contributed by atoms with Crippen LogP contribution in [-0.2, 0) is 0 Å². The minimum Gasteiger partial charge on any atom is -0.374 e. The van der Waals surface area contributed by atoms with Crippen molar-refractivity contribution in [1.29, 1.82) is 10.5 Å². The Morgan fingerprint density at radius 3 is 2.36 bits per heavy atom. The highest BCUT2D eigenvalue weighted by molar-refractivity contribution is 7.80. The Morgan fingerprint density at radius 2 is 1.91 bits per heavy atom. The summed E-state index contributed by atoms with van der Waals surface area (Å²) in [6.07, 6.45) is 0. The molecule has 1 atom stereocenters. The lowest BCUT2D eigenvalue weighted by molar-refractivity contribution is 0.700. The van der Waals surface area contributed by atoms with E-state index in [2.05, 4.69) is 5.10 Å². The van der Waals surface area contributed by atoms with Gasteiger partial charge >= 0.3 is 0 Å². The van der Waals surface area contributed by atoms with Gasteiger partial charge in [-0.3, -0.25) is 9.89 Å². The third kappa shape index (κ3) is 2.62. The maximum Gasteiger partial charge on any atom is 0.277 e. The Morgan fingerprint density at radius 1 is 1.32 bits per heavy atom. The zero-order chi connectivity index (χ0) is 16.3. The second-order valence-corrected chi connectivity index (χ2v) is 5.17. The van der Waals surface area contributed by atoms with Gasteiger partial charge in [-0.2, -0.15) is 15.2 Å². The molecule has 0 spiro atoms. The number of hydrogen-bond donors (Lipinski definition) is 2. The quantitative estimate of drug-likeness (QED) is 0.832. The molecule has 0 aliphatic rings.